The summed E-state index contributed by atoms with van der Waals surface area (Å²) in [6, 6.07) is 27.0. The van der Waals surface area contributed by atoms with Crippen molar-refractivity contribution in [2.75, 3.05) is 13.7 Å². The highest BCUT2D eigenvalue weighted by Gasteiger charge is 2.45. The van der Waals surface area contributed by atoms with Crippen LogP contribution in [0.4, 0.5) is 0 Å². The Kier molecular flexibility index (Phi) is 9.94. The lowest BCUT2D eigenvalue weighted by atomic mass is 9.93. The first kappa shape index (κ1) is 26.7. The van der Waals surface area contributed by atoms with E-state index in [-0.39, 0.29) is 6.10 Å². The summed E-state index contributed by atoms with van der Waals surface area (Å²) in [6.45, 7) is 3.34. The highest BCUT2D eigenvalue weighted by atomic mass is 16.6. The molecular weight excluding hydrogens is 470 g/mol. The first-order valence-corrected chi connectivity index (χ1v) is 12.4. The molecule has 3 unspecified atom stereocenters. The molecular formula is C29H33N3O5. The third kappa shape index (κ3) is 7.55. The molecule has 3 aromatic carbocycles. The van der Waals surface area contributed by atoms with Crippen molar-refractivity contribution in [1.82, 2.24) is 0 Å². The lowest BCUT2D eigenvalue weighted by Gasteiger charge is -2.44. The standard InChI is InChI=1S/C29H33N3O5/c1-21-27(31-32-30)29(36-18-23-11-7-4-8-12-23)28(35-19-24-13-15-25(33-2)16-14-24)26(37-21)20-34-17-22-9-5-3-6-10-22/h3-16,21,26-29H,17-20H2,1-2H3/t21?,26?,27?,28-,29+/m1/s1. The number of benzene rings is 3. The van der Waals surface area contributed by atoms with Crippen LogP contribution in [0.2, 0.25) is 0 Å². The van der Waals surface area contributed by atoms with E-state index in [2.05, 4.69) is 10.0 Å². The minimum absolute atomic E-state index is 0.306. The molecule has 0 bridgehead atoms. The molecule has 3 aromatic rings. The highest BCUT2D eigenvalue weighted by Crippen LogP contribution is 2.30. The van der Waals surface area contributed by atoms with Crippen molar-refractivity contribution in [2.24, 2.45) is 5.11 Å². The Morgan fingerprint density at radius 1 is 0.784 bits per heavy atom. The van der Waals surface area contributed by atoms with Crippen molar-refractivity contribution >= 4 is 0 Å². The van der Waals surface area contributed by atoms with Gasteiger partial charge in [0.2, 0.25) is 0 Å². The summed E-state index contributed by atoms with van der Waals surface area (Å²) in [4.78, 5) is 3.08. The largest absolute Gasteiger partial charge is 0.497 e. The lowest BCUT2D eigenvalue weighted by molar-refractivity contribution is -0.224. The summed E-state index contributed by atoms with van der Waals surface area (Å²) in [5, 5.41) is 4.04. The smallest absolute Gasteiger partial charge is 0.118 e. The van der Waals surface area contributed by atoms with E-state index in [9.17, 15) is 5.53 Å². The van der Waals surface area contributed by atoms with E-state index < -0.39 is 24.4 Å². The highest BCUT2D eigenvalue weighted by molar-refractivity contribution is 5.26. The van der Waals surface area contributed by atoms with E-state index in [1.807, 2.05) is 91.9 Å². The Morgan fingerprint density at radius 3 is 1.95 bits per heavy atom. The quantitative estimate of drug-likeness (QED) is 0.176. The predicted molar refractivity (Wildman–Crippen MR) is 140 cm³/mol. The van der Waals surface area contributed by atoms with E-state index >= 15 is 0 Å². The van der Waals surface area contributed by atoms with Gasteiger partial charge in [-0.15, -0.1) is 0 Å². The van der Waals surface area contributed by atoms with Crippen LogP contribution >= 0.6 is 0 Å². The fourth-order valence-electron chi connectivity index (χ4n) is 4.40. The maximum atomic E-state index is 9.29. The summed E-state index contributed by atoms with van der Waals surface area (Å²) in [6.07, 6.45) is -1.83. The van der Waals surface area contributed by atoms with Gasteiger partial charge in [0.05, 0.1) is 51.8 Å². The molecule has 5 atom stereocenters. The molecule has 4 rings (SSSR count). The van der Waals surface area contributed by atoms with Crippen molar-refractivity contribution in [2.45, 2.75) is 57.2 Å². The molecule has 0 spiro atoms. The number of hydrogen-bond donors (Lipinski definition) is 0. The third-order valence-corrected chi connectivity index (χ3v) is 6.36. The van der Waals surface area contributed by atoms with Gasteiger partial charge < -0.3 is 23.7 Å². The molecule has 194 valence electrons. The molecule has 0 N–H and O–H groups in total. The summed E-state index contributed by atoms with van der Waals surface area (Å²) in [7, 11) is 1.64. The molecule has 8 heteroatoms. The Balaban J connectivity index is 1.53. The summed E-state index contributed by atoms with van der Waals surface area (Å²) in [5.41, 5.74) is 12.4. The second-order valence-electron chi connectivity index (χ2n) is 8.96. The van der Waals surface area contributed by atoms with Crippen LogP contribution in [0.3, 0.4) is 0 Å². The van der Waals surface area contributed by atoms with Crippen molar-refractivity contribution in [3.63, 3.8) is 0 Å². The van der Waals surface area contributed by atoms with Gasteiger partial charge >= 0.3 is 0 Å². The van der Waals surface area contributed by atoms with Crippen LogP contribution in [-0.4, -0.2) is 44.2 Å². The molecule has 0 saturated carbocycles. The summed E-state index contributed by atoms with van der Waals surface area (Å²) < 4.78 is 30.4. The van der Waals surface area contributed by atoms with Gasteiger partial charge in [-0.1, -0.05) is 77.9 Å². The fraction of sp³-hybridized carbons (Fsp3) is 0.379. The van der Waals surface area contributed by atoms with E-state index in [0.717, 1.165) is 22.4 Å². The second kappa shape index (κ2) is 13.8. The zero-order valence-electron chi connectivity index (χ0n) is 21.2. The number of ether oxygens (including phenoxy) is 5. The number of methoxy groups -OCH3 is 1. The monoisotopic (exact) mass is 503 g/mol. The Bertz CT molecular complexity index is 1120. The fourth-order valence-corrected chi connectivity index (χ4v) is 4.40. The zero-order valence-corrected chi connectivity index (χ0v) is 21.2. The average Bonchev–Trinajstić information content (AvgIpc) is 2.94. The topological polar surface area (TPSA) is 94.9 Å². The first-order chi connectivity index (χ1) is 18.2. The van der Waals surface area contributed by atoms with Gasteiger partial charge in [-0.25, -0.2) is 0 Å². The van der Waals surface area contributed by atoms with Gasteiger partial charge in [0.1, 0.15) is 18.0 Å². The van der Waals surface area contributed by atoms with E-state index in [4.69, 9.17) is 23.7 Å². The maximum Gasteiger partial charge on any atom is 0.118 e. The van der Waals surface area contributed by atoms with Crippen molar-refractivity contribution in [1.29, 1.82) is 0 Å². The van der Waals surface area contributed by atoms with Crippen LogP contribution < -0.4 is 4.74 Å². The number of nitrogens with zero attached hydrogens (tertiary/aromatic N) is 3. The predicted octanol–water partition coefficient (Wildman–Crippen LogP) is 5.85. The van der Waals surface area contributed by atoms with E-state index in [1.165, 1.54) is 0 Å². The van der Waals surface area contributed by atoms with Gasteiger partial charge in [-0.3, -0.25) is 0 Å². The second-order valence-corrected chi connectivity index (χ2v) is 8.96. The lowest BCUT2D eigenvalue weighted by Crippen LogP contribution is -2.59. The average molecular weight is 504 g/mol. The van der Waals surface area contributed by atoms with Crippen LogP contribution in [0, 0.1) is 0 Å². The van der Waals surface area contributed by atoms with Crippen molar-refractivity contribution in [3.8, 4) is 5.75 Å². The molecule has 0 radical (unpaired) electrons. The number of hydrogen-bond acceptors (Lipinski definition) is 6. The van der Waals surface area contributed by atoms with E-state index in [1.54, 1.807) is 7.11 Å². The molecule has 1 aliphatic rings. The Labute approximate surface area is 217 Å². The van der Waals surface area contributed by atoms with Gasteiger partial charge in [0.15, 0.2) is 0 Å². The van der Waals surface area contributed by atoms with Crippen LogP contribution in [0.1, 0.15) is 23.6 Å². The number of azide groups is 1. The SMILES string of the molecule is COc1ccc(CO[C@@H]2C(COCc3ccccc3)OC(C)C(N=[N+]=[N-])[C@@H]2OCc2ccccc2)cc1. The molecule has 0 amide bonds. The van der Waals surface area contributed by atoms with Crippen LogP contribution in [0.5, 0.6) is 5.75 Å². The Hall–Kier alpha value is -3.39. The maximum absolute atomic E-state index is 9.29. The van der Waals surface area contributed by atoms with Crippen molar-refractivity contribution in [3.05, 3.63) is 112 Å². The molecule has 0 aromatic heterocycles. The first-order valence-electron chi connectivity index (χ1n) is 12.4. The van der Waals surface area contributed by atoms with Gasteiger partial charge in [0.25, 0.3) is 0 Å². The normalized spacial score (nSPS) is 23.2. The number of rotatable bonds is 12. The summed E-state index contributed by atoms with van der Waals surface area (Å²) in [5.74, 6) is 0.776. The van der Waals surface area contributed by atoms with Gasteiger partial charge in [0, 0.05) is 4.91 Å². The van der Waals surface area contributed by atoms with Gasteiger partial charge in [-0.05, 0) is 41.3 Å². The van der Waals surface area contributed by atoms with Crippen molar-refractivity contribution < 1.29 is 23.7 Å². The summed E-state index contributed by atoms with van der Waals surface area (Å²) >= 11 is 0. The Morgan fingerprint density at radius 2 is 1.35 bits per heavy atom. The minimum Gasteiger partial charge on any atom is -0.497 e. The van der Waals surface area contributed by atoms with Crippen LogP contribution in [0.25, 0.3) is 10.4 Å². The van der Waals surface area contributed by atoms with E-state index in [0.29, 0.717) is 26.4 Å². The van der Waals surface area contributed by atoms with Gasteiger partial charge in [-0.2, -0.15) is 0 Å². The molecule has 37 heavy (non-hydrogen) atoms. The minimum atomic E-state index is -0.556. The molecule has 1 heterocycles. The molecule has 0 aliphatic carbocycles. The molecule has 8 nitrogen and oxygen atoms in total. The molecule has 1 fully saturated rings. The zero-order chi connectivity index (χ0) is 25.9. The van der Waals surface area contributed by atoms with Crippen LogP contribution in [-0.2, 0) is 38.8 Å². The molecule has 1 saturated heterocycles. The third-order valence-electron chi connectivity index (χ3n) is 6.36. The van der Waals surface area contributed by atoms with Crippen LogP contribution in [0.15, 0.2) is 90.0 Å². The molecule has 1 aliphatic heterocycles.